The molecule has 0 spiro atoms. The lowest BCUT2D eigenvalue weighted by atomic mass is 9.92. The number of carbonyl (C=O) groups is 1. The van der Waals surface area contributed by atoms with Crippen molar-refractivity contribution in [1.29, 1.82) is 0 Å². The molecule has 2 unspecified atom stereocenters. The van der Waals surface area contributed by atoms with Crippen LogP contribution < -0.4 is 10.1 Å². The molecule has 2 aromatic carbocycles. The Kier molecular flexibility index (Phi) is 5.65. The predicted octanol–water partition coefficient (Wildman–Crippen LogP) is 4.83. The summed E-state index contributed by atoms with van der Waals surface area (Å²) in [4.78, 5) is 12.6. The zero-order valence-corrected chi connectivity index (χ0v) is 16.3. The van der Waals surface area contributed by atoms with Crippen LogP contribution in [0.4, 0.5) is 0 Å². The Morgan fingerprint density at radius 2 is 1.73 bits per heavy atom. The number of fused-ring (bicyclic) bond motifs is 1. The van der Waals surface area contributed by atoms with Crippen LogP contribution in [-0.4, -0.2) is 12.0 Å². The van der Waals surface area contributed by atoms with Gasteiger partial charge in [-0.05, 0) is 87.8 Å². The van der Waals surface area contributed by atoms with Gasteiger partial charge < -0.3 is 10.1 Å². The van der Waals surface area contributed by atoms with E-state index in [0.717, 1.165) is 24.2 Å². The molecule has 138 valence electrons. The molecular formula is C23H29NO2. The van der Waals surface area contributed by atoms with Gasteiger partial charge in [-0.3, -0.25) is 4.79 Å². The Morgan fingerprint density at radius 1 is 1.00 bits per heavy atom. The molecule has 3 rings (SSSR count). The van der Waals surface area contributed by atoms with Gasteiger partial charge >= 0.3 is 0 Å². The van der Waals surface area contributed by atoms with Crippen molar-refractivity contribution in [3.05, 3.63) is 64.2 Å². The van der Waals surface area contributed by atoms with Crippen molar-refractivity contribution in [1.82, 2.24) is 5.32 Å². The van der Waals surface area contributed by atoms with E-state index in [1.807, 2.05) is 19.9 Å². The summed E-state index contributed by atoms with van der Waals surface area (Å²) in [6.45, 7) is 7.98. The van der Waals surface area contributed by atoms with Crippen LogP contribution in [0.1, 0.15) is 60.5 Å². The van der Waals surface area contributed by atoms with Gasteiger partial charge in [-0.25, -0.2) is 0 Å². The second kappa shape index (κ2) is 7.94. The molecular weight excluding hydrogens is 322 g/mol. The molecule has 0 saturated carbocycles. The highest BCUT2D eigenvalue weighted by Gasteiger charge is 2.19. The molecule has 0 fully saturated rings. The quantitative estimate of drug-likeness (QED) is 0.838. The number of nitrogens with one attached hydrogen (secondary N) is 1. The molecule has 0 aromatic heterocycles. The lowest BCUT2D eigenvalue weighted by Crippen LogP contribution is -2.38. The van der Waals surface area contributed by atoms with Gasteiger partial charge in [0.15, 0.2) is 6.10 Å². The molecule has 3 heteroatoms. The van der Waals surface area contributed by atoms with E-state index in [4.69, 9.17) is 4.74 Å². The zero-order chi connectivity index (χ0) is 18.7. The van der Waals surface area contributed by atoms with E-state index < -0.39 is 6.10 Å². The predicted molar refractivity (Wildman–Crippen MR) is 106 cm³/mol. The van der Waals surface area contributed by atoms with Crippen LogP contribution in [0.15, 0.2) is 36.4 Å². The largest absolute Gasteiger partial charge is 0.481 e. The maximum atomic E-state index is 12.6. The van der Waals surface area contributed by atoms with E-state index in [1.54, 1.807) is 0 Å². The van der Waals surface area contributed by atoms with Gasteiger partial charge in [0, 0.05) is 0 Å². The average molecular weight is 351 g/mol. The summed E-state index contributed by atoms with van der Waals surface area (Å²) in [7, 11) is 0. The topological polar surface area (TPSA) is 38.3 Å². The fraction of sp³-hybridized carbons (Fsp3) is 0.435. The van der Waals surface area contributed by atoms with E-state index in [2.05, 4.69) is 49.5 Å². The molecule has 3 nitrogen and oxygen atoms in total. The summed E-state index contributed by atoms with van der Waals surface area (Å²) in [5.41, 5.74) is 6.36. The molecule has 1 aliphatic rings. The van der Waals surface area contributed by atoms with Crippen molar-refractivity contribution < 1.29 is 9.53 Å². The van der Waals surface area contributed by atoms with E-state index in [0.29, 0.717) is 0 Å². The maximum absolute atomic E-state index is 12.6. The van der Waals surface area contributed by atoms with Crippen LogP contribution in [0.3, 0.4) is 0 Å². The first-order chi connectivity index (χ1) is 12.4. The molecule has 26 heavy (non-hydrogen) atoms. The summed E-state index contributed by atoms with van der Waals surface area (Å²) in [5, 5.41) is 3.07. The lowest BCUT2D eigenvalue weighted by Gasteiger charge is -2.22. The number of carbonyl (C=O) groups excluding carboxylic acids is 1. The molecule has 0 radical (unpaired) electrons. The van der Waals surface area contributed by atoms with Crippen molar-refractivity contribution >= 4 is 5.91 Å². The minimum atomic E-state index is -0.523. The second-order valence-electron chi connectivity index (χ2n) is 7.49. The van der Waals surface area contributed by atoms with Crippen LogP contribution >= 0.6 is 0 Å². The van der Waals surface area contributed by atoms with Crippen molar-refractivity contribution in [2.45, 2.75) is 65.5 Å². The number of benzene rings is 2. The van der Waals surface area contributed by atoms with Gasteiger partial charge in [-0.1, -0.05) is 29.8 Å². The first-order valence-corrected chi connectivity index (χ1v) is 9.60. The number of ether oxygens (including phenoxy) is 1. The van der Waals surface area contributed by atoms with Crippen molar-refractivity contribution in [2.24, 2.45) is 0 Å². The Hall–Kier alpha value is -2.29. The number of aryl methyl sites for hydroxylation is 4. The zero-order valence-electron chi connectivity index (χ0n) is 16.3. The first-order valence-electron chi connectivity index (χ1n) is 9.60. The van der Waals surface area contributed by atoms with Crippen LogP contribution in [-0.2, 0) is 17.6 Å². The van der Waals surface area contributed by atoms with Gasteiger partial charge in [0.25, 0.3) is 5.91 Å². The number of amides is 1. The summed E-state index contributed by atoms with van der Waals surface area (Å²) >= 11 is 0. The third-order valence-electron chi connectivity index (χ3n) is 5.25. The minimum Gasteiger partial charge on any atom is -0.481 e. The molecule has 2 aromatic rings. The van der Waals surface area contributed by atoms with Gasteiger partial charge in [0.1, 0.15) is 5.75 Å². The average Bonchev–Trinajstić information content (AvgIpc) is 2.61. The van der Waals surface area contributed by atoms with E-state index in [9.17, 15) is 4.79 Å². The van der Waals surface area contributed by atoms with Crippen molar-refractivity contribution in [3.63, 3.8) is 0 Å². The Labute approximate surface area is 156 Å². The van der Waals surface area contributed by atoms with Crippen LogP contribution in [0, 0.1) is 13.8 Å². The highest BCUT2D eigenvalue weighted by molar-refractivity contribution is 5.81. The molecule has 0 saturated heterocycles. The molecule has 0 aliphatic heterocycles. The molecule has 1 aliphatic carbocycles. The molecule has 1 amide bonds. The van der Waals surface area contributed by atoms with Crippen molar-refractivity contribution in [2.75, 3.05) is 0 Å². The summed E-state index contributed by atoms with van der Waals surface area (Å²) in [6, 6.07) is 12.5. The smallest absolute Gasteiger partial charge is 0.261 e. The number of rotatable bonds is 5. The monoisotopic (exact) mass is 351 g/mol. The normalized spacial score (nSPS) is 15.7. The fourth-order valence-corrected chi connectivity index (χ4v) is 3.76. The second-order valence-corrected chi connectivity index (χ2v) is 7.49. The van der Waals surface area contributed by atoms with E-state index in [1.165, 1.54) is 35.1 Å². The Balaban J connectivity index is 1.62. The summed E-state index contributed by atoms with van der Waals surface area (Å²) in [6.07, 6.45) is 4.24. The third-order valence-corrected chi connectivity index (χ3v) is 5.25. The van der Waals surface area contributed by atoms with Gasteiger partial charge in [-0.2, -0.15) is 0 Å². The van der Waals surface area contributed by atoms with Crippen LogP contribution in [0.5, 0.6) is 5.75 Å². The van der Waals surface area contributed by atoms with E-state index in [-0.39, 0.29) is 11.9 Å². The fourth-order valence-electron chi connectivity index (χ4n) is 3.76. The lowest BCUT2D eigenvalue weighted by molar-refractivity contribution is -0.127. The van der Waals surface area contributed by atoms with Gasteiger partial charge in [0.2, 0.25) is 0 Å². The first kappa shape index (κ1) is 18.5. The standard InChI is InChI=1S/C23H29NO2/c1-15-9-12-22(16(2)13-15)17(3)24-23(25)18(4)26-21-11-10-19-7-5-6-8-20(19)14-21/h9-14,17-18H,5-8H2,1-4H3,(H,24,25). The SMILES string of the molecule is Cc1ccc(C(C)NC(=O)C(C)Oc2ccc3c(c2)CCCC3)c(C)c1. The van der Waals surface area contributed by atoms with Crippen LogP contribution in [0.25, 0.3) is 0 Å². The van der Waals surface area contributed by atoms with Crippen LogP contribution in [0.2, 0.25) is 0 Å². The highest BCUT2D eigenvalue weighted by atomic mass is 16.5. The summed E-state index contributed by atoms with van der Waals surface area (Å²) in [5.74, 6) is 0.697. The summed E-state index contributed by atoms with van der Waals surface area (Å²) < 4.78 is 5.92. The molecule has 0 heterocycles. The molecule has 2 atom stereocenters. The minimum absolute atomic E-state index is 0.0438. The van der Waals surface area contributed by atoms with E-state index >= 15 is 0 Å². The third kappa shape index (κ3) is 4.27. The molecule has 0 bridgehead atoms. The van der Waals surface area contributed by atoms with Gasteiger partial charge in [0.05, 0.1) is 6.04 Å². The number of hydrogen-bond acceptors (Lipinski definition) is 2. The van der Waals surface area contributed by atoms with Gasteiger partial charge in [-0.15, -0.1) is 0 Å². The van der Waals surface area contributed by atoms with Crippen molar-refractivity contribution in [3.8, 4) is 5.75 Å². The maximum Gasteiger partial charge on any atom is 0.261 e. The Bertz CT molecular complexity index is 797. The molecule has 1 N–H and O–H groups in total. The highest BCUT2D eigenvalue weighted by Crippen LogP contribution is 2.26. The Morgan fingerprint density at radius 3 is 2.46 bits per heavy atom. The number of hydrogen-bond donors (Lipinski definition) is 1.